The van der Waals surface area contributed by atoms with Crippen molar-refractivity contribution in [3.8, 4) is 0 Å². The second-order valence-electron chi connectivity index (χ2n) is 1.45. The zero-order chi connectivity index (χ0) is 4.41. The van der Waals surface area contributed by atoms with Gasteiger partial charge in [-0.05, 0) is 6.42 Å². The maximum absolute atomic E-state index is 10.1. The Morgan fingerprint density at radius 1 is 1.57 bits per heavy atom. The van der Waals surface area contributed by atoms with Gasteiger partial charge >= 0.3 is 0 Å². The fraction of sp³-hybridized carbons (Fsp3) is 0.750. The van der Waals surface area contributed by atoms with Gasteiger partial charge in [0.15, 0.2) is 0 Å². The van der Waals surface area contributed by atoms with Gasteiger partial charge in [0, 0.05) is 29.5 Å². The summed E-state index contributed by atoms with van der Waals surface area (Å²) < 4.78 is 0. The van der Waals surface area contributed by atoms with E-state index in [0.29, 0.717) is 0 Å². The molecule has 0 aromatic carbocycles. The van der Waals surface area contributed by atoms with Crippen LogP contribution in [0.15, 0.2) is 0 Å². The van der Waals surface area contributed by atoms with Crippen LogP contribution in [0.3, 0.4) is 0 Å². The van der Waals surface area contributed by atoms with Crippen molar-refractivity contribution in [2.45, 2.75) is 12.8 Å². The molecule has 0 unspecified atom stereocenters. The van der Waals surface area contributed by atoms with Gasteiger partial charge in [-0.3, -0.25) is 4.79 Å². The number of carbonyl (C=O) groups excluding carboxylic acids is 1. The van der Waals surface area contributed by atoms with Crippen LogP contribution in [-0.4, -0.2) is 12.5 Å². The van der Waals surface area contributed by atoms with Crippen LogP contribution in [0, 0.1) is 0 Å². The Morgan fingerprint density at radius 2 is 2.29 bits per heavy atom. The first-order valence-electron chi connectivity index (χ1n) is 2.16. The molecule has 0 aromatic rings. The van der Waals surface area contributed by atoms with Gasteiger partial charge in [0.25, 0.3) is 0 Å². The topological polar surface area (TPSA) is 29.1 Å². The molecule has 44 valence electrons. The number of amides is 1. The molecule has 0 aromatic heterocycles. The monoisotopic (exact) mass is 143 g/mol. The smallest absolute Gasteiger partial charge is 0.220 e. The normalized spacial score (nSPS) is 18.0. The molecule has 0 radical (unpaired) electrons. The Labute approximate surface area is 52.6 Å². The molecular formula is C4H7NNiO. The summed E-state index contributed by atoms with van der Waals surface area (Å²) in [6.07, 6.45) is 1.76. The van der Waals surface area contributed by atoms with Gasteiger partial charge in [0.1, 0.15) is 0 Å². The molecule has 0 atom stereocenters. The standard InChI is InChI=1S/C4H7NO.Ni/c6-4-2-1-3-5-4;/h1-3H2,(H,5,6);. The predicted molar refractivity (Wildman–Crippen MR) is 22.2 cm³/mol. The van der Waals surface area contributed by atoms with E-state index in [1.807, 2.05) is 0 Å². The van der Waals surface area contributed by atoms with Crippen molar-refractivity contribution in [2.24, 2.45) is 0 Å². The van der Waals surface area contributed by atoms with Gasteiger partial charge in [0.05, 0.1) is 0 Å². The number of hydrogen-bond donors (Lipinski definition) is 1. The number of carbonyl (C=O) groups is 1. The summed E-state index contributed by atoms with van der Waals surface area (Å²) in [7, 11) is 0. The van der Waals surface area contributed by atoms with Crippen molar-refractivity contribution in [3.63, 3.8) is 0 Å². The van der Waals surface area contributed by atoms with E-state index in [0.717, 1.165) is 19.4 Å². The first-order valence-corrected chi connectivity index (χ1v) is 2.16. The first kappa shape index (κ1) is 6.96. The second kappa shape index (κ2) is 3.03. The van der Waals surface area contributed by atoms with Crippen LogP contribution in [0.4, 0.5) is 0 Å². The number of rotatable bonds is 0. The molecule has 1 heterocycles. The van der Waals surface area contributed by atoms with E-state index in [1.54, 1.807) is 0 Å². The minimum absolute atomic E-state index is 0. The third-order valence-corrected chi connectivity index (χ3v) is 0.903. The minimum atomic E-state index is 0. The van der Waals surface area contributed by atoms with Crippen molar-refractivity contribution >= 4 is 5.91 Å². The van der Waals surface area contributed by atoms with Crippen molar-refractivity contribution in [1.82, 2.24) is 5.32 Å². The van der Waals surface area contributed by atoms with Crippen molar-refractivity contribution in [1.29, 1.82) is 0 Å². The summed E-state index contributed by atoms with van der Waals surface area (Å²) in [5.41, 5.74) is 0. The molecule has 1 saturated heterocycles. The fourth-order valence-corrected chi connectivity index (χ4v) is 0.565. The van der Waals surface area contributed by atoms with Crippen molar-refractivity contribution in [2.75, 3.05) is 6.54 Å². The van der Waals surface area contributed by atoms with E-state index in [2.05, 4.69) is 5.32 Å². The summed E-state index contributed by atoms with van der Waals surface area (Å²) in [4.78, 5) is 10.1. The SMILES string of the molecule is O=C1CCCN1.[Ni]. The third kappa shape index (κ3) is 1.93. The minimum Gasteiger partial charge on any atom is -0.356 e. The summed E-state index contributed by atoms with van der Waals surface area (Å²) in [6.45, 7) is 0.888. The number of hydrogen-bond acceptors (Lipinski definition) is 1. The summed E-state index contributed by atoms with van der Waals surface area (Å²) >= 11 is 0. The quantitative estimate of drug-likeness (QED) is 0.472. The molecular weight excluding hydrogens is 137 g/mol. The van der Waals surface area contributed by atoms with Gasteiger partial charge < -0.3 is 5.32 Å². The largest absolute Gasteiger partial charge is 0.356 e. The van der Waals surface area contributed by atoms with E-state index in [1.165, 1.54) is 0 Å². The zero-order valence-electron chi connectivity index (χ0n) is 3.85. The fourth-order valence-electron chi connectivity index (χ4n) is 0.565. The summed E-state index contributed by atoms with van der Waals surface area (Å²) in [5, 5.41) is 2.68. The van der Waals surface area contributed by atoms with Gasteiger partial charge in [0.2, 0.25) is 5.91 Å². The molecule has 7 heavy (non-hydrogen) atoms. The molecule has 3 heteroatoms. The van der Waals surface area contributed by atoms with Crippen LogP contribution in [-0.2, 0) is 21.3 Å². The molecule has 2 nitrogen and oxygen atoms in total. The Hall–Kier alpha value is -0.0365. The molecule has 0 spiro atoms. The van der Waals surface area contributed by atoms with Crippen LogP contribution in [0.25, 0.3) is 0 Å². The van der Waals surface area contributed by atoms with E-state index in [9.17, 15) is 4.79 Å². The molecule has 1 amide bonds. The van der Waals surface area contributed by atoms with Crippen molar-refractivity contribution in [3.05, 3.63) is 0 Å². The number of nitrogens with one attached hydrogen (secondary N) is 1. The van der Waals surface area contributed by atoms with Gasteiger partial charge in [-0.1, -0.05) is 0 Å². The first-order chi connectivity index (χ1) is 2.89. The van der Waals surface area contributed by atoms with Crippen LogP contribution >= 0.6 is 0 Å². The van der Waals surface area contributed by atoms with Gasteiger partial charge in [-0.2, -0.15) is 0 Å². The predicted octanol–water partition coefficient (Wildman–Crippen LogP) is -0.106. The summed E-state index contributed by atoms with van der Waals surface area (Å²) in [6, 6.07) is 0. The third-order valence-electron chi connectivity index (χ3n) is 0.903. The molecule has 0 saturated carbocycles. The Kier molecular flexibility index (Phi) is 3.01. The maximum Gasteiger partial charge on any atom is 0.220 e. The van der Waals surface area contributed by atoms with E-state index < -0.39 is 0 Å². The van der Waals surface area contributed by atoms with E-state index >= 15 is 0 Å². The molecule has 1 aliphatic rings. The van der Waals surface area contributed by atoms with E-state index in [-0.39, 0.29) is 22.4 Å². The van der Waals surface area contributed by atoms with Gasteiger partial charge in [-0.15, -0.1) is 0 Å². The maximum atomic E-state index is 10.1. The Morgan fingerprint density at radius 3 is 2.43 bits per heavy atom. The molecule has 0 aliphatic carbocycles. The Bertz CT molecular complexity index is 66.1. The molecule has 1 fully saturated rings. The molecule has 1 aliphatic heterocycles. The Balaban J connectivity index is 0.000000360. The second-order valence-corrected chi connectivity index (χ2v) is 1.45. The van der Waals surface area contributed by atoms with Crippen molar-refractivity contribution < 1.29 is 21.3 Å². The van der Waals surface area contributed by atoms with Crippen LogP contribution < -0.4 is 5.32 Å². The molecule has 0 bridgehead atoms. The summed E-state index contributed by atoms with van der Waals surface area (Å²) in [5.74, 6) is 0.204. The van der Waals surface area contributed by atoms with E-state index in [4.69, 9.17) is 0 Å². The molecule has 1 rings (SSSR count). The average Bonchev–Trinajstić information content (AvgIpc) is 1.86. The average molecular weight is 144 g/mol. The van der Waals surface area contributed by atoms with Crippen LogP contribution in [0.1, 0.15) is 12.8 Å². The van der Waals surface area contributed by atoms with Crippen LogP contribution in [0.5, 0.6) is 0 Å². The zero-order valence-corrected chi connectivity index (χ0v) is 4.83. The van der Waals surface area contributed by atoms with Crippen LogP contribution in [0.2, 0.25) is 0 Å². The van der Waals surface area contributed by atoms with Gasteiger partial charge in [-0.25, -0.2) is 0 Å². The molecule has 1 N–H and O–H groups in total.